The van der Waals surface area contributed by atoms with Crippen LogP contribution in [-0.4, -0.2) is 41.4 Å². The van der Waals surface area contributed by atoms with Gasteiger partial charge in [0.25, 0.3) is 17.4 Å². The third-order valence-electron chi connectivity index (χ3n) is 4.13. The average Bonchev–Trinajstić information content (AvgIpc) is 2.68. The summed E-state index contributed by atoms with van der Waals surface area (Å²) in [7, 11) is 1.50. The Morgan fingerprint density at radius 2 is 1.93 bits per heavy atom. The molecule has 2 N–H and O–H groups in total. The summed E-state index contributed by atoms with van der Waals surface area (Å²) in [6.45, 7) is 5.92. The average molecular weight is 388 g/mol. The van der Waals surface area contributed by atoms with Crippen LogP contribution in [-0.2, 0) is 16.1 Å². The highest BCUT2D eigenvalue weighted by Gasteiger charge is 2.18. The molecule has 9 heteroatoms. The van der Waals surface area contributed by atoms with Gasteiger partial charge in [-0.3, -0.25) is 25.2 Å². The first kappa shape index (κ1) is 21.1. The summed E-state index contributed by atoms with van der Waals surface area (Å²) in [6.07, 6.45) is -0.829. The molecule has 9 nitrogen and oxygen atoms in total. The van der Waals surface area contributed by atoms with Crippen molar-refractivity contribution in [2.45, 2.75) is 33.4 Å². The largest absolute Gasteiger partial charge is 0.481 e. The molecule has 2 rings (SSSR count). The molecule has 150 valence electrons. The molecule has 1 atom stereocenters. The van der Waals surface area contributed by atoms with Crippen LogP contribution < -0.4 is 21.1 Å². The van der Waals surface area contributed by atoms with Gasteiger partial charge in [0.1, 0.15) is 5.75 Å². The fourth-order valence-electron chi connectivity index (χ4n) is 2.29. The Labute approximate surface area is 162 Å². The summed E-state index contributed by atoms with van der Waals surface area (Å²) in [5.41, 5.74) is 6.18. The molecule has 0 unspecified atom stereocenters. The Balaban J connectivity index is 1.95. The number of hydrogen-bond acceptors (Lipinski definition) is 6. The van der Waals surface area contributed by atoms with Crippen molar-refractivity contribution in [2.75, 3.05) is 13.7 Å². The minimum atomic E-state index is -0.829. The van der Waals surface area contributed by atoms with Gasteiger partial charge in [0.05, 0.1) is 13.2 Å². The Morgan fingerprint density at radius 1 is 1.18 bits per heavy atom. The van der Waals surface area contributed by atoms with Gasteiger partial charge in [-0.05, 0) is 44.0 Å². The van der Waals surface area contributed by atoms with Gasteiger partial charge in [0.15, 0.2) is 11.8 Å². The van der Waals surface area contributed by atoms with E-state index in [1.165, 1.54) is 19.2 Å². The molecular formula is C19H24N4O5. The summed E-state index contributed by atoms with van der Waals surface area (Å²) in [4.78, 5) is 36.1. The zero-order valence-electron chi connectivity index (χ0n) is 16.3. The Hall–Kier alpha value is -3.20. The third kappa shape index (κ3) is 5.40. The van der Waals surface area contributed by atoms with Gasteiger partial charge in [-0.25, -0.2) is 4.68 Å². The lowest BCUT2D eigenvalue weighted by molar-refractivity contribution is -0.128. The fourth-order valence-corrected chi connectivity index (χ4v) is 2.29. The molecule has 0 radical (unpaired) electrons. The van der Waals surface area contributed by atoms with Crippen molar-refractivity contribution < 1.29 is 19.1 Å². The van der Waals surface area contributed by atoms with Crippen molar-refractivity contribution in [1.82, 2.24) is 20.6 Å². The maximum absolute atomic E-state index is 12.2. The predicted octanol–water partition coefficient (Wildman–Crippen LogP) is 0.735. The molecule has 0 spiro atoms. The minimum Gasteiger partial charge on any atom is -0.481 e. The van der Waals surface area contributed by atoms with E-state index in [0.29, 0.717) is 5.75 Å². The van der Waals surface area contributed by atoms with E-state index in [4.69, 9.17) is 9.47 Å². The quantitative estimate of drug-likeness (QED) is 0.677. The van der Waals surface area contributed by atoms with Crippen molar-refractivity contribution in [3.8, 4) is 5.75 Å². The number of nitrogens with one attached hydrogen (secondary N) is 2. The second kappa shape index (κ2) is 9.65. The lowest BCUT2D eigenvalue weighted by atomic mass is 10.1. The van der Waals surface area contributed by atoms with E-state index in [1.807, 2.05) is 26.0 Å². The zero-order chi connectivity index (χ0) is 20.7. The Kier molecular flexibility index (Phi) is 7.28. The maximum Gasteiger partial charge on any atom is 0.290 e. The number of methoxy groups -OCH3 is 1. The van der Waals surface area contributed by atoms with E-state index in [2.05, 4.69) is 16.0 Å². The van der Waals surface area contributed by atoms with Crippen LogP contribution in [0.2, 0.25) is 0 Å². The third-order valence-corrected chi connectivity index (χ3v) is 4.13. The number of amides is 2. The monoisotopic (exact) mass is 388 g/mol. The first-order valence-corrected chi connectivity index (χ1v) is 8.73. The number of aryl methyl sites for hydroxylation is 1. The zero-order valence-corrected chi connectivity index (χ0v) is 16.3. The molecule has 2 aromatic rings. The minimum absolute atomic E-state index is 0.0147. The normalized spacial score (nSPS) is 11.6. The van der Waals surface area contributed by atoms with Gasteiger partial charge in [0, 0.05) is 13.2 Å². The molecule has 28 heavy (non-hydrogen) atoms. The number of ether oxygens (including phenoxy) is 2. The number of nitrogens with zero attached hydrogens (tertiary/aromatic N) is 2. The van der Waals surface area contributed by atoms with Crippen LogP contribution in [0.25, 0.3) is 0 Å². The number of aromatic nitrogens is 2. The Morgan fingerprint density at radius 3 is 2.64 bits per heavy atom. The van der Waals surface area contributed by atoms with E-state index < -0.39 is 17.9 Å². The number of hydrogen-bond donors (Lipinski definition) is 2. The fraction of sp³-hybridized carbons (Fsp3) is 0.368. The van der Waals surface area contributed by atoms with Gasteiger partial charge in [0.2, 0.25) is 0 Å². The standard InChI is InChI=1S/C19H24N4O5/c1-12-6-5-7-16(13(12)2)28-14(3)18(25)20-21-19(26)15-8-9-17(24)23(22-15)10-11-27-4/h5-9,14H,10-11H2,1-4H3,(H,20,25)(H,21,26)/t14-/m0/s1. The lowest BCUT2D eigenvalue weighted by Crippen LogP contribution is -2.47. The molecule has 1 heterocycles. The maximum atomic E-state index is 12.2. The smallest absolute Gasteiger partial charge is 0.290 e. The molecule has 0 saturated carbocycles. The van der Waals surface area contributed by atoms with Crippen molar-refractivity contribution in [3.05, 3.63) is 57.5 Å². The number of benzene rings is 1. The van der Waals surface area contributed by atoms with Crippen LogP contribution in [0.5, 0.6) is 5.75 Å². The number of carbonyl (C=O) groups is 2. The number of carbonyl (C=O) groups excluding carboxylic acids is 2. The summed E-state index contributed by atoms with van der Waals surface area (Å²) in [5, 5.41) is 3.95. The molecule has 1 aromatic heterocycles. The van der Waals surface area contributed by atoms with Gasteiger partial charge in [-0.1, -0.05) is 12.1 Å². The SMILES string of the molecule is COCCn1nc(C(=O)NNC(=O)[C@H](C)Oc2cccc(C)c2C)ccc1=O. The summed E-state index contributed by atoms with van der Waals surface area (Å²) in [6, 6.07) is 8.08. The summed E-state index contributed by atoms with van der Waals surface area (Å²) >= 11 is 0. The highest BCUT2D eigenvalue weighted by atomic mass is 16.5. The van der Waals surface area contributed by atoms with Crippen LogP contribution in [0, 0.1) is 13.8 Å². The first-order chi connectivity index (χ1) is 13.3. The number of hydrazine groups is 1. The lowest BCUT2D eigenvalue weighted by Gasteiger charge is -2.17. The van der Waals surface area contributed by atoms with Crippen molar-refractivity contribution in [1.29, 1.82) is 0 Å². The summed E-state index contributed by atoms with van der Waals surface area (Å²) in [5.74, 6) is -0.582. The van der Waals surface area contributed by atoms with Crippen LogP contribution in [0.3, 0.4) is 0 Å². The highest BCUT2D eigenvalue weighted by Crippen LogP contribution is 2.21. The van der Waals surface area contributed by atoms with Crippen molar-refractivity contribution >= 4 is 11.8 Å². The van der Waals surface area contributed by atoms with E-state index >= 15 is 0 Å². The van der Waals surface area contributed by atoms with Crippen LogP contribution in [0.1, 0.15) is 28.5 Å². The van der Waals surface area contributed by atoms with Gasteiger partial charge >= 0.3 is 0 Å². The second-order valence-corrected chi connectivity index (χ2v) is 6.17. The molecule has 0 aliphatic rings. The van der Waals surface area contributed by atoms with E-state index in [0.717, 1.165) is 15.8 Å². The molecule has 0 aliphatic carbocycles. The molecule has 0 bridgehead atoms. The van der Waals surface area contributed by atoms with E-state index in [1.54, 1.807) is 13.0 Å². The van der Waals surface area contributed by atoms with E-state index in [9.17, 15) is 14.4 Å². The Bertz CT molecular complexity index is 909. The van der Waals surface area contributed by atoms with Gasteiger partial charge < -0.3 is 9.47 Å². The molecule has 0 aliphatic heterocycles. The van der Waals surface area contributed by atoms with Crippen LogP contribution in [0.15, 0.2) is 35.1 Å². The summed E-state index contributed by atoms with van der Waals surface area (Å²) < 4.78 is 11.7. The molecule has 2 amide bonds. The topological polar surface area (TPSA) is 112 Å². The molecule has 0 saturated heterocycles. The van der Waals surface area contributed by atoms with Crippen LogP contribution in [0.4, 0.5) is 0 Å². The first-order valence-electron chi connectivity index (χ1n) is 8.73. The van der Waals surface area contributed by atoms with Crippen LogP contribution >= 0.6 is 0 Å². The van der Waals surface area contributed by atoms with Crippen molar-refractivity contribution in [3.63, 3.8) is 0 Å². The second-order valence-electron chi connectivity index (χ2n) is 6.17. The predicted molar refractivity (Wildman–Crippen MR) is 102 cm³/mol. The van der Waals surface area contributed by atoms with Gasteiger partial charge in [-0.15, -0.1) is 0 Å². The molecule has 1 aromatic carbocycles. The van der Waals surface area contributed by atoms with Gasteiger partial charge in [-0.2, -0.15) is 5.10 Å². The molecular weight excluding hydrogens is 364 g/mol. The number of rotatable bonds is 7. The van der Waals surface area contributed by atoms with E-state index in [-0.39, 0.29) is 24.4 Å². The van der Waals surface area contributed by atoms with Crippen molar-refractivity contribution in [2.24, 2.45) is 0 Å². The molecule has 0 fully saturated rings. The highest BCUT2D eigenvalue weighted by molar-refractivity contribution is 5.93.